The Bertz CT molecular complexity index is 6980. The third-order valence-corrected chi connectivity index (χ3v) is 27.9. The van der Waals surface area contributed by atoms with Gasteiger partial charge in [0.05, 0.1) is 88.8 Å². The van der Waals surface area contributed by atoms with Crippen LogP contribution in [0.3, 0.4) is 0 Å². The molecule has 11 aromatic rings. The molecule has 7 aromatic heterocycles. The topological polar surface area (TPSA) is 348 Å². The van der Waals surface area contributed by atoms with E-state index in [1.54, 1.807) is 40.0 Å². The van der Waals surface area contributed by atoms with Crippen LogP contribution in [-0.2, 0) is 6.54 Å². The number of anilines is 5. The summed E-state index contributed by atoms with van der Waals surface area (Å²) >= 11 is 6.69. The summed E-state index contributed by atoms with van der Waals surface area (Å²) in [5.74, 6) is -7.82. The molecule has 0 bridgehead atoms. The van der Waals surface area contributed by atoms with Gasteiger partial charge >= 0.3 is 11.9 Å². The van der Waals surface area contributed by atoms with E-state index < -0.39 is 109 Å². The molecular formula is C95H101ClF9N17O12. The molecule has 4 aromatic carbocycles. The molecule has 29 nitrogen and oxygen atoms in total. The van der Waals surface area contributed by atoms with Crippen LogP contribution in [0.2, 0.25) is 5.02 Å². The molecule has 12 heterocycles. The normalized spacial score (nSPS) is 21.0. The average molecular weight is 1880 g/mol. The number of hydrogen-bond donors (Lipinski definition) is 5. The molecule has 4 saturated carbocycles. The molecule has 5 saturated heterocycles. The Morgan fingerprint density at radius 2 is 1.01 bits per heavy atom. The van der Waals surface area contributed by atoms with Crippen LogP contribution in [0.25, 0.3) is 60.5 Å². The number of aryl methyl sites for hydroxylation is 1. The van der Waals surface area contributed by atoms with Crippen molar-refractivity contribution in [1.82, 2.24) is 42.7 Å². The zero-order valence-electron chi connectivity index (χ0n) is 74.8. The first-order valence-corrected chi connectivity index (χ1v) is 44.9. The number of halogens is 10. The van der Waals surface area contributed by atoms with E-state index in [4.69, 9.17) is 28.2 Å². The minimum Gasteiger partial charge on any atom is -0.477 e. The molecule has 4 aliphatic carbocycles. The number of carboxylic acids is 2. The average Bonchev–Trinajstić information content (AvgIpc) is 1.55. The first-order chi connectivity index (χ1) is 63.7. The molecule has 9 aliphatic rings. The van der Waals surface area contributed by atoms with Crippen LogP contribution in [0, 0.1) is 75.6 Å². The summed E-state index contributed by atoms with van der Waals surface area (Å²) in [6.45, 7) is 16.2. The lowest BCUT2D eigenvalue weighted by Gasteiger charge is -2.46. The van der Waals surface area contributed by atoms with E-state index in [1.807, 2.05) is 42.8 Å². The predicted octanol–water partition coefficient (Wildman–Crippen LogP) is 12.1. The van der Waals surface area contributed by atoms with Gasteiger partial charge in [0.15, 0.2) is 62.9 Å². The summed E-state index contributed by atoms with van der Waals surface area (Å²) in [6.07, 6.45) is 14.1. The lowest BCUT2D eigenvalue weighted by atomic mass is 9.60. The molecule has 7 atom stereocenters. The van der Waals surface area contributed by atoms with Gasteiger partial charge in [-0.1, -0.05) is 31.9 Å². The number of piperazine rings is 2. The molecule has 1 unspecified atom stereocenters. The Balaban J connectivity index is 0.000000122. The summed E-state index contributed by atoms with van der Waals surface area (Å²) in [7, 11) is 5.62. The van der Waals surface area contributed by atoms with Crippen LogP contribution < -0.4 is 68.5 Å². The number of fused-ring (bicyclic) bond motifs is 7. The number of carboxylic acid groups (broad SMARTS) is 2. The minimum atomic E-state index is -1.55. The van der Waals surface area contributed by atoms with Crippen molar-refractivity contribution in [2.75, 3.05) is 149 Å². The second-order valence-corrected chi connectivity index (χ2v) is 37.1. The molecule has 0 radical (unpaired) electrons. The number of benzene rings is 4. The van der Waals surface area contributed by atoms with Gasteiger partial charge in [-0.15, -0.1) is 0 Å². The monoisotopic (exact) mass is 1880 g/mol. The maximum Gasteiger partial charge on any atom is 0.341 e. The molecule has 0 amide bonds. The number of Topliss-reactive ketones (excluding diaryl/α,β-unsaturated/α-hetero) is 3. The van der Waals surface area contributed by atoms with Crippen LogP contribution in [0.15, 0.2) is 110 Å². The van der Waals surface area contributed by atoms with E-state index in [1.165, 1.54) is 45.2 Å². The van der Waals surface area contributed by atoms with E-state index in [9.17, 15) is 83.8 Å². The highest BCUT2D eigenvalue weighted by atomic mass is 35.5. The highest BCUT2D eigenvalue weighted by Crippen LogP contribution is 2.54. The van der Waals surface area contributed by atoms with Crippen LogP contribution in [-0.4, -0.2) is 214 Å². The third-order valence-electron chi connectivity index (χ3n) is 27.5. The summed E-state index contributed by atoms with van der Waals surface area (Å²) in [5, 5.41) is 18.6. The quantitative estimate of drug-likeness (QED) is 0.0443. The number of aromatic carboxylic acids is 2. The van der Waals surface area contributed by atoms with Gasteiger partial charge in [-0.25, -0.2) is 59.1 Å². The van der Waals surface area contributed by atoms with Gasteiger partial charge in [0.2, 0.25) is 16.3 Å². The highest BCUT2D eigenvalue weighted by Gasteiger charge is 2.56. The molecule has 20 rings (SSSR count). The fourth-order valence-corrected chi connectivity index (χ4v) is 20.1. The fraction of sp³-hybridized carbons (Fsp3) is 0.432. The second-order valence-electron chi connectivity index (χ2n) is 36.7. The van der Waals surface area contributed by atoms with E-state index in [2.05, 4.69) is 34.1 Å². The smallest absolute Gasteiger partial charge is 0.341 e. The number of hydrogen-bond acceptors (Lipinski definition) is 22. The Hall–Kier alpha value is -12.5. The number of piperidine rings is 1. The number of ketones is 3. The van der Waals surface area contributed by atoms with E-state index in [-0.39, 0.29) is 131 Å². The summed E-state index contributed by atoms with van der Waals surface area (Å²) in [5.41, 5.74) is 12.4. The SMILES string of the molecule is CC(=O)c1cn(C2CC2)c2c(Cl)c(N3CCCC[C@@H](N)C3)c(F)cc2c1=O.CC(=O)c1cn(C2CC2)c2nc(N3C[C@H]4[C@@H](N)C[C@@]4(C)C3)c(F)cc2c1=O.CC1[C@H]2CN(c3nc4c(cc3F)c(=O)c(C(=O)O)cn4-c3ccc(F)cc3F)C[C@@H]12.CN1CCN(c2c(F)cc3c(=O)c(C(=O)O)cn(CCF)c3c2F)CC1.CNn1cc(C(C)=O)c(=O)c2cc(F)c(N3CCN(C)CC3)cc21. The zero-order chi connectivity index (χ0) is 96.1. The number of carbonyl (C=O) groups excluding carboxylic acids is 3. The van der Waals surface area contributed by atoms with Gasteiger partial charge in [0, 0.05) is 160 Å². The van der Waals surface area contributed by atoms with Gasteiger partial charge in [-0.3, -0.25) is 47.6 Å². The molecule has 7 N–H and O–H groups in total. The molecule has 39 heteroatoms. The van der Waals surface area contributed by atoms with Crippen molar-refractivity contribution in [2.45, 2.75) is 117 Å². The maximum atomic E-state index is 15.2. The lowest BCUT2D eigenvalue weighted by molar-refractivity contribution is 0.0684. The van der Waals surface area contributed by atoms with Crippen LogP contribution in [0.4, 0.5) is 68.2 Å². The van der Waals surface area contributed by atoms with Gasteiger partial charge in [0.1, 0.15) is 58.2 Å². The summed E-state index contributed by atoms with van der Waals surface area (Å²) in [4.78, 5) is 143. The molecule has 134 heavy (non-hydrogen) atoms. The first kappa shape index (κ1) is 94.7. The van der Waals surface area contributed by atoms with Gasteiger partial charge in [0.25, 0.3) is 0 Å². The number of carbonyl (C=O) groups is 5. The van der Waals surface area contributed by atoms with E-state index in [0.29, 0.717) is 117 Å². The van der Waals surface area contributed by atoms with Gasteiger partial charge in [-0.2, -0.15) is 0 Å². The molecule has 5 aliphatic heterocycles. The molecule has 708 valence electrons. The molecular weight excluding hydrogens is 1780 g/mol. The summed E-state index contributed by atoms with van der Waals surface area (Å²) in [6, 6.07) is 10.5. The number of aromatic nitrogens is 7. The number of nitrogens with one attached hydrogen (secondary N) is 1. The van der Waals surface area contributed by atoms with Gasteiger partial charge in [-0.05, 0) is 157 Å². The summed E-state index contributed by atoms with van der Waals surface area (Å²) < 4.78 is 138. The van der Waals surface area contributed by atoms with Crippen molar-refractivity contribution >= 4 is 124 Å². The van der Waals surface area contributed by atoms with Crippen molar-refractivity contribution in [3.8, 4) is 5.69 Å². The number of likely N-dealkylation sites (N-methyl/N-ethyl adjacent to an activating group) is 2. The van der Waals surface area contributed by atoms with E-state index >= 15 is 8.78 Å². The Labute approximate surface area is 765 Å². The minimum absolute atomic E-state index is 0.0284. The standard InChI is InChI=1S/C21H16F3N3O3.C20H23ClFN3O2.C20H23FN4O2.C17H18F3N3O3.C17H21FN4O2/c1-9-12-6-26(7-13(9)12)20-16(24)5-11-18(28)14(21(29)30)8-27(19(11)25-20)17-3-2-10(22)4-15(17)23;1-11(26)15-10-25(13-5-6-13)18-14(20(15)27)8-16(22)19(17(18)21)24-7-3-2-4-12(23)9-24;1-10(26)13-7-25(11-3-4-11)18-12(17(13)27)5-15(21)19(23-18)24-8-14-16(22)6-20(14,2)9-24;1-21-4-6-22(7-5-21)15-12(19)8-10-14(13(15)20)23(3-2-18)9-11(16(10)24)17(25)26;1-11(23)13-10-22(19-2)15-9-16(14(18)8-12(15)17(13)24)21-6-4-20(3)5-7-21/h2-5,8-9,12-13H,6-7H2,1H3,(H,29,30);8,10,12-13H,2-7,9,23H2,1H3;5,7,11,14,16H,3-4,6,8-9,22H2,1-2H3;8-9H,2-7H2,1H3,(H,25,26);8-10,19H,4-7H2,1-3H3/t9?,12-,13+;12-;14-,16-,20-;;/m.10../s1. The Morgan fingerprint density at radius 3 is 1.58 bits per heavy atom. The Morgan fingerprint density at radius 1 is 0.515 bits per heavy atom. The van der Waals surface area contributed by atoms with Gasteiger partial charge < -0.3 is 75.1 Å². The number of nitrogens with zero attached hydrogens (tertiary/aromatic N) is 14. The van der Waals surface area contributed by atoms with Crippen LogP contribution >= 0.6 is 11.6 Å². The number of alkyl halides is 1. The second kappa shape index (κ2) is 37.4. The Kier molecular flexibility index (Phi) is 26.4. The molecule has 9 fully saturated rings. The van der Waals surface area contributed by atoms with Crippen LogP contribution in [0.1, 0.15) is 150 Å². The van der Waals surface area contributed by atoms with E-state index in [0.717, 1.165) is 130 Å². The highest BCUT2D eigenvalue weighted by molar-refractivity contribution is 6.38. The van der Waals surface area contributed by atoms with Crippen molar-refractivity contribution in [2.24, 2.45) is 40.6 Å². The van der Waals surface area contributed by atoms with Crippen molar-refractivity contribution in [1.29, 1.82) is 0 Å². The van der Waals surface area contributed by atoms with Crippen LogP contribution in [0.5, 0.6) is 0 Å². The zero-order valence-corrected chi connectivity index (χ0v) is 75.6. The predicted molar refractivity (Wildman–Crippen MR) is 493 cm³/mol. The fourth-order valence-electron chi connectivity index (χ4n) is 19.7. The number of pyridine rings is 7. The number of rotatable bonds is 16. The molecule has 0 spiro atoms. The first-order valence-electron chi connectivity index (χ1n) is 44.5. The van der Waals surface area contributed by atoms with Crippen molar-refractivity contribution in [3.63, 3.8) is 0 Å². The lowest BCUT2D eigenvalue weighted by Crippen LogP contribution is -2.53. The van der Waals surface area contributed by atoms with Crippen molar-refractivity contribution in [3.05, 3.63) is 216 Å². The maximum absolute atomic E-state index is 15.2. The largest absolute Gasteiger partial charge is 0.477 e. The van der Waals surface area contributed by atoms with Crippen molar-refractivity contribution < 1.29 is 73.7 Å². The third kappa shape index (κ3) is 18.1. The number of nitrogens with two attached hydrogens (primary N) is 2.